The minimum Gasteiger partial charge on any atom is -0.247 e. The van der Waals surface area contributed by atoms with E-state index in [1.807, 2.05) is 0 Å². The van der Waals surface area contributed by atoms with E-state index in [-0.39, 0.29) is 0 Å². The quantitative estimate of drug-likeness (QED) is 0.896. The highest BCUT2D eigenvalue weighted by Crippen LogP contribution is 2.24. The Balaban J connectivity index is 2.04. The molecule has 1 fully saturated rings. The van der Waals surface area contributed by atoms with Crippen LogP contribution in [0.3, 0.4) is 0 Å². The van der Waals surface area contributed by atoms with Crippen LogP contribution in [-0.2, 0) is 0 Å². The summed E-state index contributed by atoms with van der Waals surface area (Å²) in [5.41, 5.74) is 5.00. The summed E-state index contributed by atoms with van der Waals surface area (Å²) in [7, 11) is 0. The highest BCUT2D eigenvalue weighted by molar-refractivity contribution is 9.10. The Morgan fingerprint density at radius 3 is 2.56 bits per heavy atom. The predicted molar refractivity (Wildman–Crippen MR) is 80.3 cm³/mol. The number of hydrazine groups is 1. The summed E-state index contributed by atoms with van der Waals surface area (Å²) in [5, 5.41) is 2.44. The second kappa shape index (κ2) is 6.18. The summed E-state index contributed by atoms with van der Waals surface area (Å²) in [5.74, 6) is 0. The van der Waals surface area contributed by atoms with Crippen molar-refractivity contribution in [1.82, 2.24) is 10.4 Å². The molecular formula is C15H23BrN2. The van der Waals surface area contributed by atoms with Crippen molar-refractivity contribution in [1.29, 1.82) is 0 Å². The molecule has 0 radical (unpaired) electrons. The van der Waals surface area contributed by atoms with E-state index in [1.54, 1.807) is 0 Å². The topological polar surface area (TPSA) is 15.3 Å². The number of benzene rings is 1. The molecule has 100 valence electrons. The average Bonchev–Trinajstić information content (AvgIpc) is 2.34. The van der Waals surface area contributed by atoms with Gasteiger partial charge >= 0.3 is 0 Å². The lowest BCUT2D eigenvalue weighted by atomic mass is 9.99. The fourth-order valence-electron chi connectivity index (χ4n) is 2.75. The smallest absolute Gasteiger partial charge is 0.0437 e. The normalized spacial score (nSPS) is 27.1. The van der Waals surface area contributed by atoms with Crippen LogP contribution >= 0.6 is 15.9 Å². The summed E-state index contributed by atoms with van der Waals surface area (Å²) >= 11 is 3.54. The second-order valence-electron chi connectivity index (χ2n) is 5.44. The van der Waals surface area contributed by atoms with Gasteiger partial charge in [0.25, 0.3) is 0 Å². The Morgan fingerprint density at radius 1 is 1.28 bits per heavy atom. The Kier molecular flexibility index (Phi) is 4.82. The molecule has 1 saturated heterocycles. The van der Waals surface area contributed by atoms with E-state index < -0.39 is 0 Å². The number of rotatable bonds is 3. The van der Waals surface area contributed by atoms with Crippen LogP contribution in [0.2, 0.25) is 0 Å². The van der Waals surface area contributed by atoms with Crippen LogP contribution in [0.5, 0.6) is 0 Å². The first-order chi connectivity index (χ1) is 8.58. The number of piperidine rings is 1. The Labute approximate surface area is 119 Å². The zero-order valence-electron chi connectivity index (χ0n) is 11.5. The molecule has 1 aliphatic rings. The van der Waals surface area contributed by atoms with E-state index in [4.69, 9.17) is 0 Å². The minimum atomic E-state index is 0.352. The molecule has 1 aromatic carbocycles. The van der Waals surface area contributed by atoms with E-state index in [1.165, 1.54) is 24.8 Å². The van der Waals surface area contributed by atoms with E-state index >= 15 is 0 Å². The third kappa shape index (κ3) is 3.34. The third-order valence-electron chi connectivity index (χ3n) is 3.88. The van der Waals surface area contributed by atoms with Gasteiger partial charge in [0.2, 0.25) is 0 Å². The molecule has 0 spiro atoms. The standard InChI is InChI=1S/C15H23BrN2/c1-11-6-4-7-12(2)18(11)17-13(3)14-8-5-9-15(16)10-14/h5,8-13,17H,4,6-7H2,1-3H3. The molecule has 2 rings (SSSR count). The maximum absolute atomic E-state index is 3.67. The van der Waals surface area contributed by atoms with Crippen LogP contribution in [0.1, 0.15) is 51.6 Å². The molecule has 0 aromatic heterocycles. The van der Waals surface area contributed by atoms with Gasteiger partial charge in [0.15, 0.2) is 0 Å². The monoisotopic (exact) mass is 310 g/mol. The number of nitrogens with one attached hydrogen (secondary N) is 1. The van der Waals surface area contributed by atoms with E-state index in [0.717, 1.165) is 4.47 Å². The number of hydrogen-bond donors (Lipinski definition) is 1. The molecule has 1 aliphatic heterocycles. The zero-order valence-corrected chi connectivity index (χ0v) is 13.1. The second-order valence-corrected chi connectivity index (χ2v) is 6.36. The molecule has 18 heavy (non-hydrogen) atoms. The Bertz CT molecular complexity index is 384. The fourth-order valence-corrected chi connectivity index (χ4v) is 3.17. The molecular weight excluding hydrogens is 288 g/mol. The average molecular weight is 311 g/mol. The molecule has 1 aromatic rings. The fraction of sp³-hybridized carbons (Fsp3) is 0.600. The molecule has 3 heteroatoms. The summed E-state index contributed by atoms with van der Waals surface area (Å²) in [4.78, 5) is 0. The number of nitrogens with zero attached hydrogens (tertiary/aromatic N) is 1. The first kappa shape index (κ1) is 14.0. The Hall–Kier alpha value is -0.380. The molecule has 1 heterocycles. The minimum absolute atomic E-state index is 0.352. The maximum atomic E-state index is 3.67. The van der Waals surface area contributed by atoms with Gasteiger partial charge < -0.3 is 0 Å². The number of halogens is 1. The highest BCUT2D eigenvalue weighted by Gasteiger charge is 2.25. The molecule has 0 saturated carbocycles. The van der Waals surface area contributed by atoms with Crippen molar-refractivity contribution in [3.63, 3.8) is 0 Å². The summed E-state index contributed by atoms with van der Waals surface area (Å²) in [6, 6.07) is 10.2. The molecule has 3 atom stereocenters. The van der Waals surface area contributed by atoms with Gasteiger partial charge in [0.1, 0.15) is 0 Å². The Morgan fingerprint density at radius 2 is 1.94 bits per heavy atom. The lowest BCUT2D eigenvalue weighted by Gasteiger charge is -2.41. The summed E-state index contributed by atoms with van der Waals surface area (Å²) in [6.07, 6.45) is 3.94. The van der Waals surface area contributed by atoms with Crippen molar-refractivity contribution in [2.75, 3.05) is 0 Å². The lowest BCUT2D eigenvalue weighted by molar-refractivity contribution is 0.0320. The van der Waals surface area contributed by atoms with Gasteiger partial charge in [-0.2, -0.15) is 0 Å². The molecule has 3 unspecified atom stereocenters. The van der Waals surface area contributed by atoms with Gasteiger partial charge in [0, 0.05) is 22.6 Å². The molecule has 0 aliphatic carbocycles. The van der Waals surface area contributed by atoms with Crippen molar-refractivity contribution in [3.05, 3.63) is 34.3 Å². The van der Waals surface area contributed by atoms with E-state index in [9.17, 15) is 0 Å². The molecule has 1 N–H and O–H groups in total. The van der Waals surface area contributed by atoms with Crippen LogP contribution in [-0.4, -0.2) is 17.1 Å². The van der Waals surface area contributed by atoms with Crippen LogP contribution in [0.15, 0.2) is 28.7 Å². The van der Waals surface area contributed by atoms with Crippen molar-refractivity contribution in [2.24, 2.45) is 0 Å². The van der Waals surface area contributed by atoms with Gasteiger partial charge in [-0.05, 0) is 51.3 Å². The van der Waals surface area contributed by atoms with Gasteiger partial charge in [-0.25, -0.2) is 10.4 Å². The summed E-state index contributed by atoms with van der Waals surface area (Å²) < 4.78 is 1.15. The molecule has 0 bridgehead atoms. The zero-order chi connectivity index (χ0) is 13.1. The first-order valence-corrected chi connectivity index (χ1v) is 7.67. The molecule has 2 nitrogen and oxygen atoms in total. The lowest BCUT2D eigenvalue weighted by Crippen LogP contribution is -2.52. The van der Waals surface area contributed by atoms with Crippen LogP contribution in [0.25, 0.3) is 0 Å². The highest BCUT2D eigenvalue weighted by atomic mass is 79.9. The SMILES string of the molecule is CC(NN1C(C)CCCC1C)c1cccc(Br)c1. The summed E-state index contributed by atoms with van der Waals surface area (Å²) in [6.45, 7) is 6.86. The maximum Gasteiger partial charge on any atom is 0.0437 e. The van der Waals surface area contributed by atoms with Gasteiger partial charge in [-0.1, -0.05) is 34.5 Å². The van der Waals surface area contributed by atoms with Gasteiger partial charge in [0.05, 0.1) is 0 Å². The number of hydrogen-bond acceptors (Lipinski definition) is 2. The van der Waals surface area contributed by atoms with Gasteiger partial charge in [-0.3, -0.25) is 0 Å². The third-order valence-corrected chi connectivity index (χ3v) is 4.38. The van der Waals surface area contributed by atoms with Crippen molar-refractivity contribution >= 4 is 15.9 Å². The van der Waals surface area contributed by atoms with Crippen molar-refractivity contribution < 1.29 is 0 Å². The van der Waals surface area contributed by atoms with E-state index in [0.29, 0.717) is 18.1 Å². The van der Waals surface area contributed by atoms with Crippen molar-refractivity contribution in [2.45, 2.75) is 58.2 Å². The van der Waals surface area contributed by atoms with Gasteiger partial charge in [-0.15, -0.1) is 0 Å². The van der Waals surface area contributed by atoms with Crippen molar-refractivity contribution in [3.8, 4) is 0 Å². The first-order valence-electron chi connectivity index (χ1n) is 6.88. The van der Waals surface area contributed by atoms with Crippen LogP contribution in [0, 0.1) is 0 Å². The van der Waals surface area contributed by atoms with E-state index in [2.05, 4.69) is 71.4 Å². The van der Waals surface area contributed by atoms with Crippen LogP contribution in [0.4, 0.5) is 0 Å². The largest absolute Gasteiger partial charge is 0.247 e. The molecule has 0 amide bonds. The van der Waals surface area contributed by atoms with Crippen LogP contribution < -0.4 is 5.43 Å². The predicted octanol–water partition coefficient (Wildman–Crippen LogP) is 4.28.